The third kappa shape index (κ3) is 5.10. The Balaban J connectivity index is 1.51. The van der Waals surface area contributed by atoms with Crippen LogP contribution in [0.2, 0.25) is 0 Å². The highest BCUT2D eigenvalue weighted by molar-refractivity contribution is 5.77. The summed E-state index contributed by atoms with van der Waals surface area (Å²) in [5, 5.41) is 12.9. The van der Waals surface area contributed by atoms with Gasteiger partial charge in [0.25, 0.3) is 0 Å². The van der Waals surface area contributed by atoms with Gasteiger partial charge in [0, 0.05) is 25.6 Å². The van der Waals surface area contributed by atoms with Gasteiger partial charge in [0.2, 0.25) is 11.9 Å². The van der Waals surface area contributed by atoms with Crippen LogP contribution in [0.25, 0.3) is 0 Å². The second-order valence-corrected chi connectivity index (χ2v) is 8.17. The first-order valence-corrected chi connectivity index (χ1v) is 11.1. The van der Waals surface area contributed by atoms with Crippen LogP contribution >= 0.6 is 0 Å². The van der Waals surface area contributed by atoms with Crippen molar-refractivity contribution in [2.45, 2.75) is 46.3 Å². The average Bonchev–Trinajstić information content (AvgIpc) is 3.50. The van der Waals surface area contributed by atoms with Gasteiger partial charge in [-0.3, -0.25) is 9.36 Å². The number of carbonyl (C=O) groups excluding carboxylic acids is 1. The summed E-state index contributed by atoms with van der Waals surface area (Å²) in [5.74, 6) is 3.92. The van der Waals surface area contributed by atoms with Crippen molar-refractivity contribution in [2.75, 3.05) is 32.2 Å². The zero-order chi connectivity index (χ0) is 23.4. The zero-order valence-electron chi connectivity index (χ0n) is 19.6. The summed E-state index contributed by atoms with van der Waals surface area (Å²) < 4.78 is 18.5. The number of amides is 1. The Morgan fingerprint density at radius 3 is 2.55 bits per heavy atom. The molecule has 0 N–H and O–H groups in total. The summed E-state index contributed by atoms with van der Waals surface area (Å²) in [7, 11) is 3.59. The van der Waals surface area contributed by atoms with Gasteiger partial charge in [-0.25, -0.2) is 0 Å². The fraction of sp³-hybridized carbons (Fsp3) is 0.478. The highest BCUT2D eigenvalue weighted by Crippen LogP contribution is 2.22. The summed E-state index contributed by atoms with van der Waals surface area (Å²) in [6, 6.07) is 7.47. The first kappa shape index (κ1) is 22.6. The van der Waals surface area contributed by atoms with Crippen LogP contribution in [-0.4, -0.2) is 58.0 Å². The molecule has 33 heavy (non-hydrogen) atoms. The van der Waals surface area contributed by atoms with Gasteiger partial charge in [-0.15, -0.1) is 10.2 Å². The molecular weight excluding hydrogens is 424 g/mol. The topological polar surface area (TPSA) is 98.8 Å². The van der Waals surface area contributed by atoms with Gasteiger partial charge in [0.1, 0.15) is 23.9 Å². The molecule has 0 radical (unpaired) electrons. The van der Waals surface area contributed by atoms with E-state index < -0.39 is 0 Å². The predicted molar refractivity (Wildman–Crippen MR) is 121 cm³/mol. The lowest BCUT2D eigenvalue weighted by molar-refractivity contribution is -0.128. The Morgan fingerprint density at radius 1 is 1.15 bits per heavy atom. The molecule has 2 aromatic heterocycles. The van der Waals surface area contributed by atoms with Gasteiger partial charge in [0.05, 0.1) is 32.4 Å². The van der Waals surface area contributed by atoms with Crippen molar-refractivity contribution in [1.82, 2.24) is 24.8 Å². The van der Waals surface area contributed by atoms with Crippen LogP contribution in [0.5, 0.6) is 11.5 Å². The maximum Gasteiger partial charge on any atom is 0.227 e. The van der Waals surface area contributed by atoms with Crippen molar-refractivity contribution in [3.8, 4) is 11.5 Å². The number of rotatable bonds is 10. The van der Waals surface area contributed by atoms with E-state index in [9.17, 15) is 4.79 Å². The third-order valence-corrected chi connectivity index (χ3v) is 5.87. The molecule has 0 aliphatic carbocycles. The Kier molecular flexibility index (Phi) is 6.81. The minimum Gasteiger partial charge on any atom is -0.497 e. The van der Waals surface area contributed by atoms with E-state index in [4.69, 9.17) is 14.0 Å². The molecule has 0 unspecified atom stereocenters. The largest absolute Gasteiger partial charge is 0.497 e. The monoisotopic (exact) mass is 454 g/mol. The van der Waals surface area contributed by atoms with E-state index in [-0.39, 0.29) is 5.91 Å². The van der Waals surface area contributed by atoms with Crippen LogP contribution in [0.3, 0.4) is 0 Å². The van der Waals surface area contributed by atoms with Crippen LogP contribution in [0, 0.1) is 13.8 Å². The highest BCUT2D eigenvalue weighted by atomic mass is 16.5. The Bertz CT molecular complexity index is 1070. The summed E-state index contributed by atoms with van der Waals surface area (Å²) in [5.41, 5.74) is 1.88. The Morgan fingerprint density at radius 2 is 1.91 bits per heavy atom. The third-order valence-electron chi connectivity index (χ3n) is 5.87. The first-order valence-electron chi connectivity index (χ1n) is 11.1. The quantitative estimate of drug-likeness (QED) is 0.461. The molecule has 0 saturated carbocycles. The SMILES string of the molecule is COc1ccc(OCCn2c(CN3CCCC3=O)nnc2N(C)Cc2c(C)noc2C)cc1. The molecule has 0 bridgehead atoms. The fourth-order valence-corrected chi connectivity index (χ4v) is 3.96. The van der Waals surface area contributed by atoms with E-state index in [0.717, 1.165) is 47.3 Å². The lowest BCUT2D eigenvalue weighted by Gasteiger charge is -2.21. The predicted octanol–water partition coefficient (Wildman–Crippen LogP) is 2.73. The maximum atomic E-state index is 12.2. The number of benzene rings is 1. The Hall–Kier alpha value is -3.56. The minimum atomic E-state index is 0.157. The van der Waals surface area contributed by atoms with Gasteiger partial charge in [-0.1, -0.05) is 5.16 Å². The van der Waals surface area contributed by atoms with Crippen LogP contribution in [0.1, 0.15) is 35.7 Å². The molecule has 1 amide bonds. The molecule has 0 spiro atoms. The number of aromatic nitrogens is 4. The fourth-order valence-electron chi connectivity index (χ4n) is 3.96. The zero-order valence-corrected chi connectivity index (χ0v) is 19.6. The number of anilines is 1. The smallest absolute Gasteiger partial charge is 0.227 e. The van der Waals surface area contributed by atoms with Crippen molar-refractivity contribution in [3.63, 3.8) is 0 Å². The molecule has 176 valence electrons. The van der Waals surface area contributed by atoms with Crippen LogP contribution in [0.4, 0.5) is 5.95 Å². The normalized spacial score (nSPS) is 13.6. The van der Waals surface area contributed by atoms with Gasteiger partial charge in [-0.2, -0.15) is 0 Å². The number of nitrogens with zero attached hydrogens (tertiary/aromatic N) is 6. The number of ether oxygens (including phenoxy) is 2. The molecule has 1 aliphatic heterocycles. The van der Waals surface area contributed by atoms with E-state index in [1.807, 2.05) is 59.5 Å². The highest BCUT2D eigenvalue weighted by Gasteiger charge is 2.25. The second kappa shape index (κ2) is 9.93. The van der Waals surface area contributed by atoms with Gasteiger partial charge in [-0.05, 0) is 44.5 Å². The molecule has 1 saturated heterocycles. The van der Waals surface area contributed by atoms with Gasteiger partial charge < -0.3 is 23.8 Å². The second-order valence-electron chi connectivity index (χ2n) is 8.17. The summed E-state index contributed by atoms with van der Waals surface area (Å²) in [6.07, 6.45) is 1.47. The summed E-state index contributed by atoms with van der Waals surface area (Å²) in [4.78, 5) is 16.0. The van der Waals surface area contributed by atoms with E-state index >= 15 is 0 Å². The summed E-state index contributed by atoms with van der Waals surface area (Å²) >= 11 is 0. The van der Waals surface area contributed by atoms with Crippen molar-refractivity contribution in [2.24, 2.45) is 0 Å². The number of hydrogen-bond acceptors (Lipinski definition) is 8. The first-order chi connectivity index (χ1) is 16.0. The van der Waals surface area contributed by atoms with E-state index in [1.54, 1.807) is 7.11 Å². The summed E-state index contributed by atoms with van der Waals surface area (Å²) in [6.45, 7) is 6.57. The van der Waals surface area contributed by atoms with Gasteiger partial charge in [0.15, 0.2) is 5.82 Å². The molecule has 3 aromatic rings. The van der Waals surface area contributed by atoms with Crippen molar-refractivity contribution >= 4 is 11.9 Å². The molecule has 10 nitrogen and oxygen atoms in total. The molecule has 1 fully saturated rings. The van der Waals surface area contributed by atoms with E-state index in [1.165, 1.54) is 0 Å². The van der Waals surface area contributed by atoms with E-state index in [2.05, 4.69) is 15.4 Å². The molecule has 10 heteroatoms. The van der Waals surface area contributed by atoms with Crippen molar-refractivity contribution in [1.29, 1.82) is 0 Å². The maximum absolute atomic E-state index is 12.2. The molecule has 0 atom stereocenters. The number of aryl methyl sites for hydroxylation is 2. The Labute approximate surface area is 193 Å². The number of carbonyl (C=O) groups is 1. The standard InChI is InChI=1S/C23H30N6O4/c1-16-20(17(2)33-26-16)14-27(3)23-25-24-21(15-28-11-5-6-22(28)30)29(23)12-13-32-19-9-7-18(31-4)8-10-19/h7-10H,5-6,11-15H2,1-4H3. The molecule has 3 heterocycles. The number of methoxy groups -OCH3 is 1. The van der Waals surface area contributed by atoms with Crippen LogP contribution in [-0.2, 0) is 24.4 Å². The molecule has 1 aliphatic rings. The van der Waals surface area contributed by atoms with E-state index in [0.29, 0.717) is 38.6 Å². The number of likely N-dealkylation sites (tertiary alicyclic amines) is 1. The van der Waals surface area contributed by atoms with Gasteiger partial charge >= 0.3 is 0 Å². The average molecular weight is 455 g/mol. The molecular formula is C23H30N6O4. The molecule has 4 rings (SSSR count). The van der Waals surface area contributed by atoms with Crippen molar-refractivity contribution < 1.29 is 18.8 Å². The van der Waals surface area contributed by atoms with Crippen molar-refractivity contribution in [3.05, 3.63) is 47.1 Å². The number of hydrogen-bond donors (Lipinski definition) is 0. The van der Waals surface area contributed by atoms with Crippen LogP contribution in [0.15, 0.2) is 28.8 Å². The van der Waals surface area contributed by atoms with Crippen LogP contribution < -0.4 is 14.4 Å². The lowest BCUT2D eigenvalue weighted by atomic mass is 10.2. The molecule has 1 aromatic carbocycles. The lowest BCUT2D eigenvalue weighted by Crippen LogP contribution is -2.28. The minimum absolute atomic E-state index is 0.157.